The molecule has 3 rings (SSSR count). The van der Waals surface area contributed by atoms with Crippen molar-refractivity contribution in [2.75, 3.05) is 18.4 Å². The minimum atomic E-state index is -0.243. The predicted octanol–water partition coefficient (Wildman–Crippen LogP) is 3.60. The number of benzene rings is 1. The molecule has 1 fully saturated rings. The molecule has 2 heterocycles. The first kappa shape index (κ1) is 18.5. The van der Waals surface area contributed by atoms with Gasteiger partial charge in [-0.05, 0) is 38.3 Å². The third-order valence-electron chi connectivity index (χ3n) is 4.53. The number of anilines is 1. The number of aryl methyl sites for hydroxylation is 1. The molecular formula is C19H24N4O2S. The molecule has 26 heavy (non-hydrogen) atoms. The molecule has 0 spiro atoms. The van der Waals surface area contributed by atoms with Crippen molar-refractivity contribution in [2.24, 2.45) is 0 Å². The summed E-state index contributed by atoms with van der Waals surface area (Å²) >= 11 is 1.32. The second kappa shape index (κ2) is 8.40. The molecule has 0 saturated carbocycles. The molecule has 1 atom stereocenters. The third-order valence-corrected chi connectivity index (χ3v) is 5.62. The van der Waals surface area contributed by atoms with E-state index in [-0.39, 0.29) is 17.7 Å². The highest BCUT2D eigenvalue weighted by Gasteiger charge is 2.27. The normalized spacial score (nSPS) is 17.2. The molecule has 1 unspecified atom stereocenters. The van der Waals surface area contributed by atoms with Crippen LogP contribution in [0.2, 0.25) is 0 Å². The zero-order chi connectivity index (χ0) is 18.5. The van der Waals surface area contributed by atoms with E-state index in [2.05, 4.69) is 15.5 Å². The lowest BCUT2D eigenvalue weighted by molar-refractivity contribution is -0.132. The van der Waals surface area contributed by atoms with Gasteiger partial charge in [-0.2, -0.15) is 0 Å². The van der Waals surface area contributed by atoms with E-state index in [4.69, 9.17) is 0 Å². The Bertz CT molecular complexity index is 772. The molecular weight excluding hydrogens is 348 g/mol. The monoisotopic (exact) mass is 372 g/mol. The van der Waals surface area contributed by atoms with Gasteiger partial charge in [0, 0.05) is 31.1 Å². The number of hydrogen-bond acceptors (Lipinski definition) is 5. The van der Waals surface area contributed by atoms with Gasteiger partial charge in [-0.25, -0.2) is 0 Å². The van der Waals surface area contributed by atoms with Crippen LogP contribution in [0.3, 0.4) is 0 Å². The summed E-state index contributed by atoms with van der Waals surface area (Å²) in [5.74, 6) is 0.134. The van der Waals surface area contributed by atoms with Gasteiger partial charge in [0.05, 0.1) is 0 Å². The molecule has 6 nitrogen and oxygen atoms in total. The molecule has 1 aromatic heterocycles. The average Bonchev–Trinajstić information content (AvgIpc) is 3.14. The maximum absolute atomic E-state index is 12.4. The van der Waals surface area contributed by atoms with Crippen LogP contribution in [0, 0.1) is 6.92 Å². The Morgan fingerprint density at radius 2 is 2.04 bits per heavy atom. The fraction of sp³-hybridized carbons (Fsp3) is 0.474. The predicted molar refractivity (Wildman–Crippen MR) is 103 cm³/mol. The molecule has 0 bridgehead atoms. The van der Waals surface area contributed by atoms with Crippen LogP contribution in [0.1, 0.15) is 58.9 Å². The Kier molecular flexibility index (Phi) is 5.98. The Hall–Kier alpha value is -2.28. The highest BCUT2D eigenvalue weighted by atomic mass is 32.1. The molecule has 138 valence electrons. The number of carbonyl (C=O) groups is 2. The summed E-state index contributed by atoms with van der Waals surface area (Å²) in [7, 11) is 0. The Labute approximate surface area is 157 Å². The number of amides is 2. The lowest BCUT2D eigenvalue weighted by Gasteiger charge is -2.31. The summed E-state index contributed by atoms with van der Waals surface area (Å²) in [4.78, 5) is 26.5. The molecule has 1 aromatic carbocycles. The largest absolute Gasteiger partial charge is 0.342 e. The summed E-state index contributed by atoms with van der Waals surface area (Å²) in [6.07, 6.45) is 3.39. The minimum absolute atomic E-state index is 0.169. The number of nitrogens with zero attached hydrogens (tertiary/aromatic N) is 3. The van der Waals surface area contributed by atoms with Crippen molar-refractivity contribution >= 4 is 28.8 Å². The molecule has 0 radical (unpaired) electrons. The van der Waals surface area contributed by atoms with Gasteiger partial charge >= 0.3 is 0 Å². The standard InChI is InChI=1S/C19H24N4O2S/c1-3-5-16(24)23-11-4-6-14(12-23)18-21-22-19(26-18)17(25)20-15-9-7-13(2)8-10-15/h7-10,14H,3-6,11-12H2,1-2H3,(H,20,25). The molecule has 1 aliphatic rings. The van der Waals surface area contributed by atoms with Crippen LogP contribution in [0.15, 0.2) is 24.3 Å². The van der Waals surface area contributed by atoms with Gasteiger partial charge in [-0.1, -0.05) is 36.0 Å². The van der Waals surface area contributed by atoms with Crippen molar-refractivity contribution in [3.63, 3.8) is 0 Å². The van der Waals surface area contributed by atoms with Crippen LogP contribution < -0.4 is 5.32 Å². The number of hydrogen-bond donors (Lipinski definition) is 1. The summed E-state index contributed by atoms with van der Waals surface area (Å²) in [6, 6.07) is 7.64. The van der Waals surface area contributed by atoms with E-state index in [1.54, 1.807) is 0 Å². The maximum Gasteiger partial charge on any atom is 0.286 e. The smallest absolute Gasteiger partial charge is 0.286 e. The first-order valence-electron chi connectivity index (χ1n) is 9.06. The summed E-state index contributed by atoms with van der Waals surface area (Å²) in [5.41, 5.74) is 1.88. The first-order valence-corrected chi connectivity index (χ1v) is 9.87. The summed E-state index contributed by atoms with van der Waals surface area (Å²) < 4.78 is 0. The fourth-order valence-electron chi connectivity index (χ4n) is 3.09. The van der Waals surface area contributed by atoms with Gasteiger partial charge in [0.1, 0.15) is 5.01 Å². The van der Waals surface area contributed by atoms with Crippen LogP contribution in [-0.4, -0.2) is 40.0 Å². The molecule has 2 aromatic rings. The molecule has 1 aliphatic heterocycles. The van der Waals surface area contributed by atoms with E-state index < -0.39 is 0 Å². The molecule has 0 aliphatic carbocycles. The van der Waals surface area contributed by atoms with Gasteiger partial charge in [-0.3, -0.25) is 9.59 Å². The Morgan fingerprint density at radius 1 is 1.27 bits per heavy atom. The van der Waals surface area contributed by atoms with E-state index in [0.717, 1.165) is 42.1 Å². The van der Waals surface area contributed by atoms with Crippen LogP contribution in [0.25, 0.3) is 0 Å². The lowest BCUT2D eigenvalue weighted by atomic mass is 9.98. The lowest BCUT2D eigenvalue weighted by Crippen LogP contribution is -2.38. The number of aromatic nitrogens is 2. The highest BCUT2D eigenvalue weighted by molar-refractivity contribution is 7.13. The number of rotatable bonds is 5. The number of likely N-dealkylation sites (tertiary alicyclic amines) is 1. The number of nitrogens with one attached hydrogen (secondary N) is 1. The zero-order valence-electron chi connectivity index (χ0n) is 15.2. The second-order valence-electron chi connectivity index (χ2n) is 6.69. The van der Waals surface area contributed by atoms with Crippen molar-refractivity contribution in [3.8, 4) is 0 Å². The number of piperidine rings is 1. The van der Waals surface area contributed by atoms with E-state index in [9.17, 15) is 9.59 Å². The van der Waals surface area contributed by atoms with Crippen LogP contribution >= 0.6 is 11.3 Å². The molecule has 7 heteroatoms. The van der Waals surface area contributed by atoms with Crippen molar-refractivity contribution in [3.05, 3.63) is 39.8 Å². The molecule has 2 amide bonds. The van der Waals surface area contributed by atoms with E-state index in [0.29, 0.717) is 18.0 Å². The van der Waals surface area contributed by atoms with Crippen LogP contribution in [0.5, 0.6) is 0 Å². The number of carbonyl (C=O) groups excluding carboxylic acids is 2. The quantitative estimate of drug-likeness (QED) is 0.870. The third kappa shape index (κ3) is 4.46. The van der Waals surface area contributed by atoms with E-state index in [1.807, 2.05) is 43.0 Å². The highest BCUT2D eigenvalue weighted by Crippen LogP contribution is 2.29. The van der Waals surface area contributed by atoms with Gasteiger partial charge in [0.25, 0.3) is 5.91 Å². The zero-order valence-corrected chi connectivity index (χ0v) is 16.0. The van der Waals surface area contributed by atoms with E-state index in [1.165, 1.54) is 11.3 Å². The van der Waals surface area contributed by atoms with Crippen LogP contribution in [0.4, 0.5) is 5.69 Å². The second-order valence-corrected chi connectivity index (χ2v) is 7.70. The minimum Gasteiger partial charge on any atom is -0.342 e. The SMILES string of the molecule is CCCC(=O)N1CCCC(c2nnc(C(=O)Nc3ccc(C)cc3)s2)C1. The summed E-state index contributed by atoms with van der Waals surface area (Å²) in [5, 5.41) is 12.3. The topological polar surface area (TPSA) is 75.2 Å². The van der Waals surface area contributed by atoms with Crippen molar-refractivity contribution in [1.29, 1.82) is 0 Å². The van der Waals surface area contributed by atoms with E-state index >= 15 is 0 Å². The van der Waals surface area contributed by atoms with Gasteiger partial charge in [-0.15, -0.1) is 10.2 Å². The summed E-state index contributed by atoms with van der Waals surface area (Å²) in [6.45, 7) is 5.51. The fourth-order valence-corrected chi connectivity index (χ4v) is 3.95. The van der Waals surface area contributed by atoms with Crippen molar-refractivity contribution < 1.29 is 9.59 Å². The molecule has 1 N–H and O–H groups in total. The first-order chi connectivity index (χ1) is 12.6. The van der Waals surface area contributed by atoms with Crippen molar-refractivity contribution in [2.45, 2.75) is 45.4 Å². The average molecular weight is 372 g/mol. The van der Waals surface area contributed by atoms with Gasteiger partial charge < -0.3 is 10.2 Å². The van der Waals surface area contributed by atoms with Crippen LogP contribution in [-0.2, 0) is 4.79 Å². The molecule has 1 saturated heterocycles. The van der Waals surface area contributed by atoms with Crippen molar-refractivity contribution in [1.82, 2.24) is 15.1 Å². The van der Waals surface area contributed by atoms with Gasteiger partial charge in [0.2, 0.25) is 10.9 Å². The Morgan fingerprint density at radius 3 is 2.77 bits per heavy atom. The Balaban J connectivity index is 1.64. The maximum atomic E-state index is 12.4. The van der Waals surface area contributed by atoms with Gasteiger partial charge in [0.15, 0.2) is 0 Å².